The first kappa shape index (κ1) is 10.9. The Morgan fingerprint density at radius 1 is 0.875 bits per heavy atom. The highest BCUT2D eigenvalue weighted by Crippen LogP contribution is 2.22. The van der Waals surface area contributed by atoms with Crippen molar-refractivity contribution in [3.8, 4) is 0 Å². The molecular formula is C15H15O. The Kier molecular flexibility index (Phi) is 3.73. The smallest absolute Gasteiger partial charge is 0.0896 e. The molecule has 2 aromatic carbocycles. The zero-order valence-electron chi connectivity index (χ0n) is 9.34. The Labute approximate surface area is 96.7 Å². The van der Waals surface area contributed by atoms with E-state index in [0.717, 1.165) is 0 Å². The summed E-state index contributed by atoms with van der Waals surface area (Å²) < 4.78 is 5.48. The number of rotatable bonds is 4. The summed E-state index contributed by atoms with van der Waals surface area (Å²) in [6.07, 6.45) is 2.14. The van der Waals surface area contributed by atoms with Crippen molar-refractivity contribution in [2.24, 2.45) is 0 Å². The van der Waals surface area contributed by atoms with Crippen molar-refractivity contribution in [1.29, 1.82) is 0 Å². The van der Waals surface area contributed by atoms with Gasteiger partial charge >= 0.3 is 0 Å². The summed E-state index contributed by atoms with van der Waals surface area (Å²) in [5.74, 6) is 0. The predicted octanol–water partition coefficient (Wildman–Crippen LogP) is 3.63. The Morgan fingerprint density at radius 2 is 1.44 bits per heavy atom. The van der Waals surface area contributed by atoms with Gasteiger partial charge in [0, 0.05) is 13.5 Å². The fourth-order valence-electron chi connectivity index (χ4n) is 1.68. The first-order valence-electron chi connectivity index (χ1n) is 5.38. The third-order valence-corrected chi connectivity index (χ3v) is 2.53. The average Bonchev–Trinajstić information content (AvgIpc) is 2.38. The van der Waals surface area contributed by atoms with E-state index in [2.05, 4.69) is 30.7 Å². The maximum absolute atomic E-state index is 5.48. The Morgan fingerprint density at radius 3 is 2.00 bits per heavy atom. The predicted molar refractivity (Wildman–Crippen MR) is 66.0 cm³/mol. The molecule has 2 rings (SSSR count). The van der Waals surface area contributed by atoms with Crippen LogP contribution in [0.2, 0.25) is 0 Å². The van der Waals surface area contributed by atoms with Gasteiger partial charge in [0.25, 0.3) is 0 Å². The van der Waals surface area contributed by atoms with Crippen molar-refractivity contribution in [2.75, 3.05) is 7.11 Å². The number of benzene rings is 2. The molecule has 0 spiro atoms. The molecule has 0 heterocycles. The quantitative estimate of drug-likeness (QED) is 0.750. The number of methoxy groups -OCH3 is 1. The molecule has 0 bridgehead atoms. The van der Waals surface area contributed by atoms with Crippen LogP contribution in [0.4, 0.5) is 0 Å². The molecule has 1 radical (unpaired) electrons. The second-order valence-corrected chi connectivity index (χ2v) is 3.64. The van der Waals surface area contributed by atoms with Crippen LogP contribution in [0, 0.1) is 6.42 Å². The normalized spacial score (nSPS) is 12.3. The Hall–Kier alpha value is -1.60. The maximum atomic E-state index is 5.48. The van der Waals surface area contributed by atoms with Crippen molar-refractivity contribution < 1.29 is 4.74 Å². The molecule has 0 aliphatic heterocycles. The molecule has 0 aliphatic carbocycles. The van der Waals surface area contributed by atoms with Crippen LogP contribution in [0.15, 0.2) is 60.7 Å². The highest BCUT2D eigenvalue weighted by Gasteiger charge is 2.10. The molecule has 16 heavy (non-hydrogen) atoms. The summed E-state index contributed by atoms with van der Waals surface area (Å²) >= 11 is 0. The fourth-order valence-corrected chi connectivity index (χ4v) is 1.68. The van der Waals surface area contributed by atoms with Gasteiger partial charge in [0.2, 0.25) is 0 Å². The molecule has 0 N–H and O–H groups in total. The fraction of sp³-hybridized carbons (Fsp3) is 0.133. The lowest BCUT2D eigenvalue weighted by molar-refractivity contribution is 0.132. The molecule has 0 aromatic heterocycles. The van der Waals surface area contributed by atoms with Gasteiger partial charge < -0.3 is 4.74 Å². The van der Waals surface area contributed by atoms with Gasteiger partial charge in [-0.25, -0.2) is 0 Å². The molecule has 1 heteroatoms. The second-order valence-electron chi connectivity index (χ2n) is 3.64. The number of ether oxygens (including phenoxy) is 1. The summed E-state index contributed by atoms with van der Waals surface area (Å²) in [7, 11) is 1.73. The third-order valence-electron chi connectivity index (χ3n) is 2.53. The van der Waals surface area contributed by atoms with Crippen LogP contribution in [0.5, 0.6) is 0 Å². The second kappa shape index (κ2) is 5.47. The van der Waals surface area contributed by atoms with Gasteiger partial charge in [-0.15, -0.1) is 0 Å². The van der Waals surface area contributed by atoms with Gasteiger partial charge in [-0.2, -0.15) is 0 Å². The van der Waals surface area contributed by atoms with E-state index in [0.29, 0.717) is 0 Å². The van der Waals surface area contributed by atoms with E-state index < -0.39 is 0 Å². The van der Waals surface area contributed by atoms with Crippen molar-refractivity contribution in [2.45, 2.75) is 6.10 Å². The molecule has 81 valence electrons. The molecule has 1 atom stereocenters. The summed E-state index contributed by atoms with van der Waals surface area (Å²) in [5, 5.41) is 0. The van der Waals surface area contributed by atoms with Crippen molar-refractivity contribution in [3.05, 3.63) is 78.2 Å². The van der Waals surface area contributed by atoms with Gasteiger partial charge in [-0.05, 0) is 11.1 Å². The number of hydrogen-bond donors (Lipinski definition) is 0. The lowest BCUT2D eigenvalue weighted by Crippen LogP contribution is -2.02. The topological polar surface area (TPSA) is 9.23 Å². The molecule has 1 nitrogen and oxygen atoms in total. The van der Waals surface area contributed by atoms with E-state index in [1.807, 2.05) is 36.4 Å². The standard InChI is InChI=1S/C15H15O/c1-16-15(14-10-6-3-7-11-14)12-13-8-4-2-5-9-13/h2-12,15H,1H3. The monoisotopic (exact) mass is 211 g/mol. The van der Waals surface area contributed by atoms with Crippen LogP contribution in [0.3, 0.4) is 0 Å². The average molecular weight is 211 g/mol. The van der Waals surface area contributed by atoms with Crippen molar-refractivity contribution in [3.63, 3.8) is 0 Å². The molecule has 1 unspecified atom stereocenters. The van der Waals surface area contributed by atoms with Crippen LogP contribution < -0.4 is 0 Å². The van der Waals surface area contributed by atoms with Gasteiger partial charge in [-0.1, -0.05) is 60.7 Å². The molecular weight excluding hydrogens is 196 g/mol. The lowest BCUT2D eigenvalue weighted by Gasteiger charge is -2.15. The van der Waals surface area contributed by atoms with E-state index >= 15 is 0 Å². The van der Waals surface area contributed by atoms with Gasteiger partial charge in [0.1, 0.15) is 0 Å². The van der Waals surface area contributed by atoms with Gasteiger partial charge in [0.05, 0.1) is 6.10 Å². The zero-order chi connectivity index (χ0) is 11.2. The molecule has 0 fully saturated rings. The van der Waals surface area contributed by atoms with E-state index in [9.17, 15) is 0 Å². The van der Waals surface area contributed by atoms with Gasteiger partial charge in [-0.3, -0.25) is 0 Å². The molecule has 0 amide bonds. The SMILES string of the molecule is COC([CH]c1ccccc1)c1ccccc1. The van der Waals surface area contributed by atoms with Crippen LogP contribution in [-0.2, 0) is 4.74 Å². The zero-order valence-corrected chi connectivity index (χ0v) is 9.34. The largest absolute Gasteiger partial charge is 0.376 e. The molecule has 0 saturated carbocycles. The first-order valence-corrected chi connectivity index (χ1v) is 5.38. The summed E-state index contributed by atoms with van der Waals surface area (Å²) in [6.45, 7) is 0. The summed E-state index contributed by atoms with van der Waals surface area (Å²) in [5.41, 5.74) is 2.35. The van der Waals surface area contributed by atoms with E-state index in [4.69, 9.17) is 4.74 Å². The molecule has 2 aromatic rings. The summed E-state index contributed by atoms with van der Waals surface area (Å²) in [4.78, 5) is 0. The summed E-state index contributed by atoms with van der Waals surface area (Å²) in [6, 6.07) is 20.5. The van der Waals surface area contributed by atoms with E-state index in [1.54, 1.807) is 7.11 Å². The first-order chi connectivity index (χ1) is 7.90. The van der Waals surface area contributed by atoms with Crippen molar-refractivity contribution in [1.82, 2.24) is 0 Å². The molecule has 0 saturated heterocycles. The highest BCUT2D eigenvalue weighted by atomic mass is 16.5. The minimum atomic E-state index is 0.0172. The van der Waals surface area contributed by atoms with Crippen LogP contribution in [0.1, 0.15) is 17.2 Å². The lowest BCUT2D eigenvalue weighted by atomic mass is 10.0. The minimum Gasteiger partial charge on any atom is -0.376 e. The van der Waals surface area contributed by atoms with Crippen molar-refractivity contribution >= 4 is 0 Å². The van der Waals surface area contributed by atoms with Crippen LogP contribution >= 0.6 is 0 Å². The van der Waals surface area contributed by atoms with Crippen LogP contribution in [-0.4, -0.2) is 7.11 Å². The number of hydrogen-bond acceptors (Lipinski definition) is 1. The Balaban J connectivity index is 2.13. The highest BCUT2D eigenvalue weighted by molar-refractivity contribution is 5.29. The van der Waals surface area contributed by atoms with Gasteiger partial charge in [0.15, 0.2) is 0 Å². The van der Waals surface area contributed by atoms with E-state index in [1.165, 1.54) is 11.1 Å². The third kappa shape index (κ3) is 2.71. The van der Waals surface area contributed by atoms with E-state index in [-0.39, 0.29) is 6.10 Å². The maximum Gasteiger partial charge on any atom is 0.0896 e. The Bertz CT molecular complexity index is 408. The van der Waals surface area contributed by atoms with Crippen LogP contribution in [0.25, 0.3) is 0 Å². The minimum absolute atomic E-state index is 0.0172. The molecule has 0 aliphatic rings.